The number of hydrogen-bond acceptors (Lipinski definition) is 5. The molecule has 0 aromatic heterocycles. The van der Waals surface area contributed by atoms with Crippen LogP contribution in [0.1, 0.15) is 20.3 Å². The molecule has 0 saturated heterocycles. The largest absolute Gasteiger partial charge is 0.496 e. The van der Waals surface area contributed by atoms with Gasteiger partial charge < -0.3 is 20.7 Å². The Bertz CT molecular complexity index is 713. The van der Waals surface area contributed by atoms with Crippen molar-refractivity contribution in [2.24, 2.45) is 5.92 Å². The molecule has 3 N–H and O–H groups in total. The zero-order valence-electron chi connectivity index (χ0n) is 14.7. The summed E-state index contributed by atoms with van der Waals surface area (Å²) < 4.78 is 3.06. The van der Waals surface area contributed by atoms with E-state index in [1.807, 2.05) is 13.8 Å². The van der Waals surface area contributed by atoms with Crippen LogP contribution in [0, 0.1) is 16.0 Å². The maximum absolute atomic E-state index is 12.0. The first-order valence-corrected chi connectivity index (χ1v) is 9.24. The van der Waals surface area contributed by atoms with Crippen molar-refractivity contribution >= 4 is 69.4 Å². The zero-order chi connectivity index (χ0) is 20.8. The highest BCUT2D eigenvalue weighted by molar-refractivity contribution is 7.80. The molecule has 8 nitrogen and oxygen atoms in total. The maximum Gasteiger partial charge on any atom is 0.296 e. The standard InChI is InChI=1S/C15H19Cl3N4O4S/c1-8(2)6-12(23)20-13(15(16,17)18)21-14(27)19-10-5-4-9(26-3)7-11(10)22(24)25/h4-5,7-8,13H,6H2,1-3H3,(H,20,23)(H2,19,21,27). The van der Waals surface area contributed by atoms with Crippen LogP contribution < -0.4 is 20.7 Å². The van der Waals surface area contributed by atoms with E-state index in [4.69, 9.17) is 51.8 Å². The molecule has 1 aromatic rings. The fourth-order valence-corrected chi connectivity index (χ4v) is 2.53. The molecule has 0 spiro atoms. The van der Waals surface area contributed by atoms with E-state index in [0.29, 0.717) is 5.75 Å². The molecule has 0 aliphatic carbocycles. The Hall–Kier alpha value is -1.55. The number of nitro benzene ring substituents is 1. The molecule has 0 radical (unpaired) electrons. The van der Waals surface area contributed by atoms with Gasteiger partial charge in [0, 0.05) is 6.42 Å². The minimum absolute atomic E-state index is 0.0792. The monoisotopic (exact) mass is 456 g/mol. The second-order valence-corrected chi connectivity index (χ2v) is 8.66. The lowest BCUT2D eigenvalue weighted by Gasteiger charge is -2.28. The predicted molar refractivity (Wildman–Crippen MR) is 111 cm³/mol. The van der Waals surface area contributed by atoms with Gasteiger partial charge in [0.1, 0.15) is 17.6 Å². The molecule has 0 saturated carbocycles. The molecule has 0 aliphatic rings. The fraction of sp³-hybridized carbons (Fsp3) is 0.467. The number of amides is 1. The van der Waals surface area contributed by atoms with Crippen LogP contribution in [0.4, 0.5) is 11.4 Å². The number of carbonyl (C=O) groups is 1. The van der Waals surface area contributed by atoms with Gasteiger partial charge in [0.05, 0.1) is 18.1 Å². The van der Waals surface area contributed by atoms with Gasteiger partial charge in [0.15, 0.2) is 5.11 Å². The summed E-state index contributed by atoms with van der Waals surface area (Å²) in [6.45, 7) is 3.73. The van der Waals surface area contributed by atoms with E-state index >= 15 is 0 Å². The van der Waals surface area contributed by atoms with Gasteiger partial charge in [-0.25, -0.2) is 0 Å². The van der Waals surface area contributed by atoms with E-state index in [-0.39, 0.29) is 34.7 Å². The number of ether oxygens (including phenoxy) is 1. The third-order valence-electron chi connectivity index (χ3n) is 3.15. The second-order valence-electron chi connectivity index (χ2n) is 5.88. The summed E-state index contributed by atoms with van der Waals surface area (Å²) in [6, 6.07) is 4.18. The number of thiocarbonyl (C=S) groups is 1. The Balaban J connectivity index is 2.91. The Morgan fingerprint density at radius 2 is 1.96 bits per heavy atom. The molecule has 1 unspecified atom stereocenters. The number of nitro groups is 1. The Kier molecular flexibility index (Phi) is 8.80. The number of anilines is 1. The predicted octanol–water partition coefficient (Wildman–Crippen LogP) is 3.75. The summed E-state index contributed by atoms with van der Waals surface area (Å²) in [5.41, 5.74) is -0.150. The van der Waals surface area contributed by atoms with E-state index in [1.54, 1.807) is 0 Å². The van der Waals surface area contributed by atoms with Crippen LogP contribution in [0.5, 0.6) is 5.75 Å². The van der Waals surface area contributed by atoms with Crippen molar-refractivity contribution in [3.05, 3.63) is 28.3 Å². The van der Waals surface area contributed by atoms with Crippen LogP contribution in [-0.2, 0) is 4.79 Å². The summed E-state index contributed by atoms with van der Waals surface area (Å²) in [6.07, 6.45) is -0.922. The van der Waals surface area contributed by atoms with E-state index < -0.39 is 14.9 Å². The number of methoxy groups -OCH3 is 1. The molecule has 1 amide bonds. The first-order valence-electron chi connectivity index (χ1n) is 7.70. The Labute approximate surface area is 177 Å². The smallest absolute Gasteiger partial charge is 0.296 e. The van der Waals surface area contributed by atoms with Crippen LogP contribution in [0.25, 0.3) is 0 Å². The average molecular weight is 458 g/mol. The summed E-state index contributed by atoms with van der Waals surface area (Å²) in [5.74, 6) is 0.0753. The van der Waals surface area contributed by atoms with Gasteiger partial charge in [0.25, 0.3) is 5.69 Å². The van der Waals surface area contributed by atoms with Crippen molar-refractivity contribution in [1.29, 1.82) is 0 Å². The summed E-state index contributed by atoms with van der Waals surface area (Å²) in [5, 5.41) is 19.0. The van der Waals surface area contributed by atoms with Gasteiger partial charge in [-0.3, -0.25) is 14.9 Å². The molecule has 1 atom stereocenters. The lowest BCUT2D eigenvalue weighted by molar-refractivity contribution is -0.384. The van der Waals surface area contributed by atoms with E-state index in [0.717, 1.165) is 0 Å². The average Bonchev–Trinajstić information content (AvgIpc) is 2.52. The topological polar surface area (TPSA) is 106 Å². The van der Waals surface area contributed by atoms with Gasteiger partial charge in [-0.15, -0.1) is 0 Å². The zero-order valence-corrected chi connectivity index (χ0v) is 17.8. The molecule has 1 aromatic carbocycles. The quantitative estimate of drug-likeness (QED) is 0.188. The lowest BCUT2D eigenvalue weighted by Crippen LogP contribution is -2.56. The highest BCUT2D eigenvalue weighted by atomic mass is 35.6. The van der Waals surface area contributed by atoms with Crippen molar-refractivity contribution in [2.75, 3.05) is 12.4 Å². The number of benzene rings is 1. The Morgan fingerprint density at radius 1 is 1.33 bits per heavy atom. The van der Waals surface area contributed by atoms with Crippen LogP contribution in [0.2, 0.25) is 0 Å². The minimum Gasteiger partial charge on any atom is -0.496 e. The van der Waals surface area contributed by atoms with Crippen molar-refractivity contribution in [3.8, 4) is 5.75 Å². The van der Waals surface area contributed by atoms with Crippen LogP contribution in [0.3, 0.4) is 0 Å². The number of hydrogen-bond donors (Lipinski definition) is 3. The van der Waals surface area contributed by atoms with Crippen molar-refractivity contribution in [3.63, 3.8) is 0 Å². The highest BCUT2D eigenvalue weighted by Gasteiger charge is 2.35. The fourth-order valence-electron chi connectivity index (χ4n) is 1.98. The van der Waals surface area contributed by atoms with E-state index in [2.05, 4.69) is 16.0 Å². The van der Waals surface area contributed by atoms with E-state index in [9.17, 15) is 14.9 Å². The first-order chi connectivity index (χ1) is 12.4. The molecule has 27 heavy (non-hydrogen) atoms. The molecular weight excluding hydrogens is 439 g/mol. The number of alkyl halides is 3. The van der Waals surface area contributed by atoms with Gasteiger partial charge >= 0.3 is 0 Å². The summed E-state index contributed by atoms with van der Waals surface area (Å²) >= 11 is 22.8. The summed E-state index contributed by atoms with van der Waals surface area (Å²) in [7, 11) is 1.39. The normalized spacial score (nSPS) is 12.3. The number of carbonyl (C=O) groups excluding carboxylic acids is 1. The number of nitrogens with zero attached hydrogens (tertiary/aromatic N) is 1. The van der Waals surface area contributed by atoms with Gasteiger partial charge in [0.2, 0.25) is 9.70 Å². The molecule has 1 rings (SSSR count). The van der Waals surface area contributed by atoms with Crippen molar-refractivity contribution < 1.29 is 14.5 Å². The van der Waals surface area contributed by atoms with Crippen LogP contribution >= 0.6 is 47.0 Å². The molecule has 0 bridgehead atoms. The third kappa shape index (κ3) is 7.92. The first kappa shape index (κ1) is 23.5. The molecule has 0 fully saturated rings. The molecular formula is C15H19Cl3N4O4S. The highest BCUT2D eigenvalue weighted by Crippen LogP contribution is 2.31. The molecule has 150 valence electrons. The maximum atomic E-state index is 12.0. The van der Waals surface area contributed by atoms with E-state index in [1.165, 1.54) is 25.3 Å². The Morgan fingerprint density at radius 3 is 2.44 bits per heavy atom. The SMILES string of the molecule is COc1ccc(NC(=S)NC(NC(=O)CC(C)C)C(Cl)(Cl)Cl)c([N+](=O)[O-])c1. The van der Waals surface area contributed by atoms with Crippen LogP contribution in [0.15, 0.2) is 18.2 Å². The number of nitrogens with one attached hydrogen (secondary N) is 3. The third-order valence-corrected chi connectivity index (χ3v) is 4.03. The lowest BCUT2D eigenvalue weighted by atomic mass is 10.1. The molecule has 0 aliphatic heterocycles. The van der Waals surface area contributed by atoms with Crippen molar-refractivity contribution in [2.45, 2.75) is 30.2 Å². The molecule has 0 heterocycles. The summed E-state index contributed by atoms with van der Waals surface area (Å²) in [4.78, 5) is 22.6. The van der Waals surface area contributed by atoms with Gasteiger partial charge in [-0.2, -0.15) is 0 Å². The van der Waals surface area contributed by atoms with Crippen LogP contribution in [-0.4, -0.2) is 33.0 Å². The second kappa shape index (κ2) is 10.1. The van der Waals surface area contributed by atoms with Gasteiger partial charge in [-0.05, 0) is 30.3 Å². The van der Waals surface area contributed by atoms with Gasteiger partial charge in [-0.1, -0.05) is 48.7 Å². The van der Waals surface area contributed by atoms with Crippen molar-refractivity contribution in [1.82, 2.24) is 10.6 Å². The number of halogens is 3. The molecule has 12 heteroatoms. The number of rotatable bonds is 7. The minimum atomic E-state index is -1.91.